The molecule has 0 unspecified atom stereocenters. The van der Waals surface area contributed by atoms with E-state index in [2.05, 4.69) is 0 Å². The molecule has 0 radical (unpaired) electrons. The fourth-order valence-corrected chi connectivity index (χ4v) is 11.0. The van der Waals surface area contributed by atoms with Crippen molar-refractivity contribution in [2.24, 2.45) is 0 Å². The average Bonchev–Trinajstić information content (AvgIpc) is 4.12. The topological polar surface area (TPSA) is 217 Å². The van der Waals surface area contributed by atoms with E-state index < -0.39 is 19.2 Å². The molecule has 4 aromatic rings. The molecule has 2 aliphatic heterocycles. The Kier molecular flexibility index (Phi) is 30.1. The van der Waals surface area contributed by atoms with Crippen LogP contribution in [-0.2, 0) is 77.6 Å². The monoisotopic (exact) mass is 1170 g/mol. The molecule has 2 amide bonds. The van der Waals surface area contributed by atoms with Crippen LogP contribution in [0.1, 0.15) is 147 Å². The summed E-state index contributed by atoms with van der Waals surface area (Å²) < 4.78 is 54.8. The van der Waals surface area contributed by atoms with Crippen molar-refractivity contribution in [1.82, 2.24) is 9.80 Å². The maximum Gasteiger partial charge on any atom is 0.337 e. The number of carbonyl (C=O) groups is 7. The summed E-state index contributed by atoms with van der Waals surface area (Å²) in [5.41, 5.74) is 3.86. The summed E-state index contributed by atoms with van der Waals surface area (Å²) in [5, 5.41) is 0. The molecule has 83 heavy (non-hydrogen) atoms. The first-order chi connectivity index (χ1) is 40.1. The molecule has 2 atom stereocenters. The number of rotatable bonds is 33. The molecule has 18 nitrogen and oxygen atoms in total. The molecular weight excluding hydrogens is 1080 g/mol. The van der Waals surface area contributed by atoms with E-state index in [9.17, 15) is 38.1 Å². The average molecular weight is 1170 g/mol. The fourth-order valence-electron chi connectivity index (χ4n) is 10.0. The second-order valence-electron chi connectivity index (χ2n) is 19.7. The highest BCUT2D eigenvalue weighted by atomic mass is 31.2. The summed E-state index contributed by atoms with van der Waals surface area (Å²) in [4.78, 5) is 86.5. The van der Waals surface area contributed by atoms with E-state index in [1.807, 2.05) is 89.8 Å². The van der Waals surface area contributed by atoms with Gasteiger partial charge in [-0.15, -0.1) is 0 Å². The van der Waals surface area contributed by atoms with Crippen molar-refractivity contribution in [1.29, 1.82) is 0 Å². The van der Waals surface area contributed by atoms with Gasteiger partial charge in [0.1, 0.15) is 12.4 Å². The number of allylic oxidation sites excluding steroid dienone is 1. The van der Waals surface area contributed by atoms with Gasteiger partial charge in [0.2, 0.25) is 23.4 Å². The van der Waals surface area contributed by atoms with Crippen LogP contribution in [0.4, 0.5) is 0 Å². The van der Waals surface area contributed by atoms with Gasteiger partial charge < -0.3 is 52.1 Å². The first-order valence-corrected chi connectivity index (χ1v) is 30.2. The summed E-state index contributed by atoms with van der Waals surface area (Å²) in [5.74, 6) is -2.88. The van der Waals surface area contributed by atoms with Crippen molar-refractivity contribution in [3.8, 4) is 0 Å². The second kappa shape index (κ2) is 36.3. The lowest BCUT2D eigenvalue weighted by Gasteiger charge is -2.32. The molecule has 0 saturated carbocycles. The summed E-state index contributed by atoms with van der Waals surface area (Å²) in [7, 11) is 5.30. The number of ketones is 2. The Hall–Kier alpha value is -6.50. The number of aldehydes is 1. The third-order valence-corrected chi connectivity index (χ3v) is 16.3. The number of nitrogens with zero attached hydrogens (tertiary/aromatic N) is 2. The van der Waals surface area contributed by atoms with E-state index in [-0.39, 0.29) is 53.6 Å². The zero-order chi connectivity index (χ0) is 60.7. The van der Waals surface area contributed by atoms with Gasteiger partial charge in [0.25, 0.3) is 0 Å². The summed E-state index contributed by atoms with van der Waals surface area (Å²) in [6.45, 7) is 5.75. The standard InChI is InChI=1S/C31H39NO6.C19H23O6P.C14H23NO4/c1-4-38-30(35)17-10-5-6-11-22-32-27(19-21-29(32)34)18-20-28(33)24-13-12-16-26(23-24)31(36-2,37-3)25-14-8-7-9-15-25;1-22-19(23-2,16-10-6-5-7-11-16)17-12-8-9-15(13-17)18(20)14-26(21,24-3)25-4;1-2-19-14(18)7-5-3-4-6-10-15-12(11-16)8-9-13(15)17/h7-9,12-16,18,20,23,27H,4-6,10-11,17,19,21-22H2,1-3H3;5-13H,14H2,1-4H3;11-12H,2-10H2,1H3/b20-18+;;/t27-;;12-/m0.1/s1. The SMILES string of the molecule is CCOC(=O)CCCCCCN1C(=O)CC[C@@H]1/C=C/C(=O)c1cccc(C(OC)(OC)c2ccccc2)c1.CCOC(=O)CCCCCCN1C(=O)CC[C@@H]1C=O.COC(OC)(c1ccccc1)c1cccc(C(=O)CP(=O)(OC)OC)c1. The van der Waals surface area contributed by atoms with E-state index in [0.29, 0.717) is 87.1 Å². The highest BCUT2D eigenvalue weighted by Gasteiger charge is 2.37. The van der Waals surface area contributed by atoms with Crippen molar-refractivity contribution in [2.75, 3.05) is 75.1 Å². The number of likely N-dealkylation sites (tertiary alicyclic amines) is 2. The molecule has 0 bridgehead atoms. The van der Waals surface area contributed by atoms with E-state index in [1.165, 1.54) is 28.4 Å². The van der Waals surface area contributed by atoms with Gasteiger partial charge in [-0.1, -0.05) is 129 Å². The molecule has 6 rings (SSSR count). The predicted molar refractivity (Wildman–Crippen MR) is 315 cm³/mol. The molecule has 0 spiro atoms. The first kappa shape index (κ1) is 69.0. The minimum absolute atomic E-state index is 0.0867. The van der Waals surface area contributed by atoms with E-state index >= 15 is 0 Å². The number of Topliss-reactive ketones (excluding diaryl/α,β-unsaturated/α-hetero) is 1. The zero-order valence-electron chi connectivity index (χ0n) is 49.6. The lowest BCUT2D eigenvalue weighted by atomic mass is 9.94. The Morgan fingerprint density at radius 1 is 0.542 bits per heavy atom. The van der Waals surface area contributed by atoms with Gasteiger partial charge in [-0.3, -0.25) is 33.3 Å². The molecule has 2 fully saturated rings. The van der Waals surface area contributed by atoms with Crippen molar-refractivity contribution < 1.29 is 75.6 Å². The van der Waals surface area contributed by atoms with Crippen LogP contribution in [-0.4, -0.2) is 139 Å². The number of ether oxygens (including phenoxy) is 6. The van der Waals surface area contributed by atoms with E-state index in [1.54, 1.807) is 69.4 Å². The molecular formula is C64H85N2O16P. The second-order valence-corrected chi connectivity index (χ2v) is 22.0. The molecule has 0 aliphatic carbocycles. The lowest BCUT2D eigenvalue weighted by Crippen LogP contribution is -2.34. The van der Waals surface area contributed by atoms with Gasteiger partial charge in [0.15, 0.2) is 11.6 Å². The lowest BCUT2D eigenvalue weighted by molar-refractivity contribution is -0.184. The molecule has 452 valence electrons. The number of carbonyl (C=O) groups excluding carboxylic acids is 7. The number of hydrogen-bond acceptors (Lipinski definition) is 16. The van der Waals surface area contributed by atoms with Crippen molar-refractivity contribution >= 4 is 49.2 Å². The van der Waals surface area contributed by atoms with Gasteiger partial charge in [0.05, 0.1) is 25.3 Å². The highest BCUT2D eigenvalue weighted by Crippen LogP contribution is 2.47. The van der Waals surface area contributed by atoms with Crippen LogP contribution >= 0.6 is 7.60 Å². The summed E-state index contributed by atoms with van der Waals surface area (Å²) in [6.07, 6.45) is 14.3. The maximum atomic E-state index is 13.1. The van der Waals surface area contributed by atoms with Crippen LogP contribution in [0.2, 0.25) is 0 Å². The summed E-state index contributed by atoms with van der Waals surface area (Å²) in [6, 6.07) is 32.8. The van der Waals surface area contributed by atoms with Crippen LogP contribution in [0.25, 0.3) is 0 Å². The Labute approximate surface area is 490 Å². The normalized spacial score (nSPS) is 15.3. The van der Waals surface area contributed by atoms with Crippen LogP contribution in [0.3, 0.4) is 0 Å². The number of esters is 2. The van der Waals surface area contributed by atoms with Gasteiger partial charge >= 0.3 is 19.5 Å². The van der Waals surface area contributed by atoms with Crippen LogP contribution < -0.4 is 0 Å². The molecule has 0 N–H and O–H groups in total. The van der Waals surface area contributed by atoms with Crippen molar-refractivity contribution in [2.45, 2.75) is 127 Å². The fraction of sp³-hybridized carbons (Fsp3) is 0.484. The minimum Gasteiger partial charge on any atom is -0.466 e. The van der Waals surface area contributed by atoms with Gasteiger partial charge in [-0.25, -0.2) is 0 Å². The third-order valence-electron chi connectivity index (χ3n) is 14.5. The van der Waals surface area contributed by atoms with E-state index in [0.717, 1.165) is 68.8 Å². The molecule has 0 aromatic heterocycles. The number of methoxy groups -OCH3 is 4. The van der Waals surface area contributed by atoms with Crippen molar-refractivity contribution in [3.05, 3.63) is 155 Å². The Bertz CT molecular complexity index is 2740. The van der Waals surface area contributed by atoms with Crippen LogP contribution in [0, 0.1) is 0 Å². The number of amides is 2. The molecule has 4 aromatic carbocycles. The van der Waals surface area contributed by atoms with E-state index in [4.69, 9.17) is 37.5 Å². The number of benzene rings is 4. The Morgan fingerprint density at radius 2 is 0.952 bits per heavy atom. The summed E-state index contributed by atoms with van der Waals surface area (Å²) >= 11 is 0. The number of hydrogen-bond donors (Lipinski definition) is 0. The molecule has 2 heterocycles. The molecule has 19 heteroatoms. The van der Waals surface area contributed by atoms with Crippen molar-refractivity contribution in [3.63, 3.8) is 0 Å². The molecule has 2 aliphatic rings. The largest absolute Gasteiger partial charge is 0.466 e. The minimum atomic E-state index is -3.44. The van der Waals surface area contributed by atoms with Gasteiger partial charge in [-0.2, -0.15) is 0 Å². The quantitative estimate of drug-likeness (QED) is 0.00824. The predicted octanol–water partition coefficient (Wildman–Crippen LogP) is 11.0. The smallest absolute Gasteiger partial charge is 0.337 e. The maximum absolute atomic E-state index is 13.1. The zero-order valence-corrected chi connectivity index (χ0v) is 50.5. The Balaban J connectivity index is 0.000000285. The van der Waals surface area contributed by atoms with Crippen LogP contribution in [0.5, 0.6) is 0 Å². The molecule has 2 saturated heterocycles. The third kappa shape index (κ3) is 20.4. The number of unbranched alkanes of at least 4 members (excludes halogenated alkanes) is 6. The van der Waals surface area contributed by atoms with Crippen LogP contribution in [0.15, 0.2) is 121 Å². The first-order valence-electron chi connectivity index (χ1n) is 28.4. The highest BCUT2D eigenvalue weighted by molar-refractivity contribution is 7.54. The van der Waals surface area contributed by atoms with Gasteiger partial charge in [-0.05, 0) is 70.6 Å². The van der Waals surface area contributed by atoms with Gasteiger partial charge in [0, 0.05) is 115 Å². The Morgan fingerprint density at radius 3 is 1.39 bits per heavy atom.